The van der Waals surface area contributed by atoms with Gasteiger partial charge in [-0.05, 0) is 43.5 Å². The number of fused-ring (bicyclic) bond motifs is 1. The lowest BCUT2D eigenvalue weighted by molar-refractivity contribution is 0.139. The predicted octanol–water partition coefficient (Wildman–Crippen LogP) is 3.22. The van der Waals surface area contributed by atoms with E-state index in [0.29, 0.717) is 12.1 Å². The molecule has 0 bridgehead atoms. The standard InChI is InChI=1S/C18H21N5/c1-14(15-3-4-17-18(13-15)20-9-8-19-17)22-11-5-16(6-12-22)23-10-2-7-21-23/h2-4,7-10,13-14,16H,5-6,11-12H2,1H3. The maximum Gasteiger partial charge on any atom is 0.0890 e. The fraction of sp³-hybridized carbons (Fsp3) is 0.389. The summed E-state index contributed by atoms with van der Waals surface area (Å²) in [4.78, 5) is 11.3. The zero-order valence-corrected chi connectivity index (χ0v) is 13.3. The largest absolute Gasteiger partial charge is 0.296 e. The molecule has 0 amide bonds. The zero-order valence-electron chi connectivity index (χ0n) is 13.3. The Bertz CT molecular complexity index is 775. The van der Waals surface area contributed by atoms with E-state index in [9.17, 15) is 0 Å². The van der Waals surface area contributed by atoms with E-state index in [0.717, 1.165) is 37.0 Å². The van der Waals surface area contributed by atoms with Gasteiger partial charge in [0.2, 0.25) is 0 Å². The van der Waals surface area contributed by atoms with Crippen molar-refractivity contribution in [2.45, 2.75) is 31.8 Å². The van der Waals surface area contributed by atoms with Crippen LogP contribution in [0.15, 0.2) is 49.1 Å². The van der Waals surface area contributed by atoms with Crippen LogP contribution in [0.3, 0.4) is 0 Å². The van der Waals surface area contributed by atoms with E-state index < -0.39 is 0 Å². The molecule has 0 aliphatic carbocycles. The third kappa shape index (κ3) is 2.84. The van der Waals surface area contributed by atoms with E-state index in [2.05, 4.69) is 56.0 Å². The molecular formula is C18H21N5. The SMILES string of the molecule is CC(c1ccc2nccnc2c1)N1CCC(n2cccn2)CC1. The Labute approximate surface area is 136 Å². The lowest BCUT2D eigenvalue weighted by Gasteiger charge is -2.36. The summed E-state index contributed by atoms with van der Waals surface area (Å²) in [6.45, 7) is 4.49. The second kappa shape index (κ2) is 6.08. The number of hydrogen-bond acceptors (Lipinski definition) is 4. The average molecular weight is 307 g/mol. The molecular weight excluding hydrogens is 286 g/mol. The van der Waals surface area contributed by atoms with Crippen LogP contribution in [0.5, 0.6) is 0 Å². The van der Waals surface area contributed by atoms with Gasteiger partial charge in [0, 0.05) is 43.9 Å². The maximum absolute atomic E-state index is 4.42. The lowest BCUT2D eigenvalue weighted by Crippen LogP contribution is -2.36. The van der Waals surface area contributed by atoms with E-state index in [1.165, 1.54) is 5.56 Å². The van der Waals surface area contributed by atoms with Crippen molar-refractivity contribution in [3.05, 3.63) is 54.6 Å². The van der Waals surface area contributed by atoms with Crippen LogP contribution in [0.2, 0.25) is 0 Å². The smallest absolute Gasteiger partial charge is 0.0890 e. The van der Waals surface area contributed by atoms with Gasteiger partial charge < -0.3 is 0 Å². The highest BCUT2D eigenvalue weighted by Crippen LogP contribution is 2.29. The van der Waals surface area contributed by atoms with Gasteiger partial charge in [-0.2, -0.15) is 5.10 Å². The number of hydrogen-bond donors (Lipinski definition) is 0. The van der Waals surface area contributed by atoms with Crippen molar-refractivity contribution in [1.82, 2.24) is 24.6 Å². The van der Waals surface area contributed by atoms with Gasteiger partial charge in [0.05, 0.1) is 17.1 Å². The molecule has 0 N–H and O–H groups in total. The maximum atomic E-state index is 4.42. The van der Waals surface area contributed by atoms with Crippen LogP contribution in [0.25, 0.3) is 11.0 Å². The summed E-state index contributed by atoms with van der Waals surface area (Å²) in [5, 5.41) is 4.39. The Balaban J connectivity index is 1.47. The first-order valence-corrected chi connectivity index (χ1v) is 8.25. The van der Waals surface area contributed by atoms with Crippen molar-refractivity contribution >= 4 is 11.0 Å². The minimum Gasteiger partial charge on any atom is -0.296 e. The molecule has 3 heterocycles. The predicted molar refractivity (Wildman–Crippen MR) is 90.0 cm³/mol. The summed E-state index contributed by atoms with van der Waals surface area (Å²) in [5.41, 5.74) is 3.25. The van der Waals surface area contributed by atoms with Crippen molar-refractivity contribution in [1.29, 1.82) is 0 Å². The molecule has 1 aliphatic rings. The van der Waals surface area contributed by atoms with Crippen LogP contribution in [0, 0.1) is 0 Å². The van der Waals surface area contributed by atoms with Crippen molar-refractivity contribution in [2.24, 2.45) is 0 Å². The first-order chi connectivity index (χ1) is 11.3. The summed E-state index contributed by atoms with van der Waals surface area (Å²) >= 11 is 0. The fourth-order valence-electron chi connectivity index (χ4n) is 3.49. The van der Waals surface area contributed by atoms with Crippen LogP contribution in [0.1, 0.15) is 37.4 Å². The molecule has 1 aromatic carbocycles. The molecule has 2 aromatic heterocycles. The van der Waals surface area contributed by atoms with Gasteiger partial charge in [0.1, 0.15) is 0 Å². The van der Waals surface area contributed by atoms with Crippen molar-refractivity contribution in [2.75, 3.05) is 13.1 Å². The quantitative estimate of drug-likeness (QED) is 0.745. The van der Waals surface area contributed by atoms with Gasteiger partial charge in [-0.15, -0.1) is 0 Å². The number of piperidine rings is 1. The molecule has 5 nitrogen and oxygen atoms in total. The van der Waals surface area contributed by atoms with Crippen molar-refractivity contribution in [3.63, 3.8) is 0 Å². The van der Waals surface area contributed by atoms with Crippen molar-refractivity contribution < 1.29 is 0 Å². The van der Waals surface area contributed by atoms with E-state index in [1.807, 2.05) is 12.3 Å². The van der Waals surface area contributed by atoms with Gasteiger partial charge in [-0.3, -0.25) is 19.5 Å². The van der Waals surface area contributed by atoms with Crippen LogP contribution >= 0.6 is 0 Å². The number of likely N-dealkylation sites (tertiary alicyclic amines) is 1. The molecule has 0 radical (unpaired) electrons. The summed E-state index contributed by atoms with van der Waals surface area (Å²) in [6, 6.07) is 9.37. The average Bonchev–Trinajstić information content (AvgIpc) is 3.15. The molecule has 4 rings (SSSR count). The highest BCUT2D eigenvalue weighted by atomic mass is 15.3. The third-order valence-corrected chi connectivity index (χ3v) is 4.92. The number of rotatable bonds is 3. The van der Waals surface area contributed by atoms with E-state index in [4.69, 9.17) is 0 Å². The third-order valence-electron chi connectivity index (χ3n) is 4.92. The molecule has 1 unspecified atom stereocenters. The lowest BCUT2D eigenvalue weighted by atomic mass is 10.00. The monoisotopic (exact) mass is 307 g/mol. The van der Waals surface area contributed by atoms with Crippen LogP contribution in [-0.2, 0) is 0 Å². The Morgan fingerprint density at radius 1 is 1.04 bits per heavy atom. The van der Waals surface area contributed by atoms with Gasteiger partial charge in [0.15, 0.2) is 0 Å². The molecule has 3 aromatic rings. The molecule has 118 valence electrons. The van der Waals surface area contributed by atoms with Gasteiger partial charge in [-0.1, -0.05) is 6.07 Å². The van der Waals surface area contributed by atoms with E-state index >= 15 is 0 Å². The van der Waals surface area contributed by atoms with Gasteiger partial charge in [-0.25, -0.2) is 0 Å². The fourth-order valence-corrected chi connectivity index (χ4v) is 3.49. The van der Waals surface area contributed by atoms with E-state index in [-0.39, 0.29) is 0 Å². The zero-order chi connectivity index (χ0) is 15.6. The molecule has 5 heteroatoms. The summed E-state index contributed by atoms with van der Waals surface area (Å²) in [5.74, 6) is 0. The van der Waals surface area contributed by atoms with Gasteiger partial charge >= 0.3 is 0 Å². The number of nitrogens with zero attached hydrogens (tertiary/aromatic N) is 5. The molecule has 1 saturated heterocycles. The normalized spacial score (nSPS) is 18.3. The Morgan fingerprint density at radius 3 is 2.57 bits per heavy atom. The highest BCUT2D eigenvalue weighted by molar-refractivity contribution is 5.74. The highest BCUT2D eigenvalue weighted by Gasteiger charge is 2.24. The number of benzene rings is 1. The second-order valence-electron chi connectivity index (χ2n) is 6.23. The summed E-state index contributed by atoms with van der Waals surface area (Å²) in [6.07, 6.45) is 9.74. The molecule has 1 atom stereocenters. The number of aromatic nitrogens is 4. The Morgan fingerprint density at radius 2 is 1.83 bits per heavy atom. The van der Waals surface area contributed by atoms with E-state index in [1.54, 1.807) is 12.4 Å². The molecule has 0 spiro atoms. The second-order valence-corrected chi connectivity index (χ2v) is 6.23. The minimum absolute atomic E-state index is 0.403. The minimum atomic E-state index is 0.403. The Hall–Kier alpha value is -2.27. The molecule has 1 aliphatic heterocycles. The topological polar surface area (TPSA) is 46.8 Å². The van der Waals surface area contributed by atoms with Crippen molar-refractivity contribution in [3.8, 4) is 0 Å². The molecule has 0 saturated carbocycles. The summed E-state index contributed by atoms with van der Waals surface area (Å²) < 4.78 is 2.10. The van der Waals surface area contributed by atoms with Crippen LogP contribution < -0.4 is 0 Å². The molecule has 23 heavy (non-hydrogen) atoms. The van der Waals surface area contributed by atoms with Crippen LogP contribution in [0.4, 0.5) is 0 Å². The molecule has 1 fully saturated rings. The van der Waals surface area contributed by atoms with Crippen LogP contribution in [-0.4, -0.2) is 37.7 Å². The van der Waals surface area contributed by atoms with Gasteiger partial charge in [0.25, 0.3) is 0 Å². The first kappa shape index (κ1) is 14.3. The summed E-state index contributed by atoms with van der Waals surface area (Å²) in [7, 11) is 0. The Kier molecular flexibility index (Phi) is 3.79. The first-order valence-electron chi connectivity index (χ1n) is 8.25.